The molecule has 3 N–H and O–H groups in total. The van der Waals surface area contributed by atoms with Crippen molar-refractivity contribution < 1.29 is 13.0 Å². The van der Waals surface area contributed by atoms with Crippen LogP contribution < -0.4 is 16.0 Å². The molecule has 0 unspecified atom stereocenters. The zero-order valence-corrected chi connectivity index (χ0v) is 18.6. The van der Waals surface area contributed by atoms with E-state index in [1.165, 1.54) is 6.07 Å². The maximum atomic E-state index is 14.7. The molecule has 0 amide bonds. The Morgan fingerprint density at radius 1 is 1.19 bits per heavy atom. The fraction of sp³-hybridized carbons (Fsp3) is 0.391. The van der Waals surface area contributed by atoms with Gasteiger partial charge in [-0.1, -0.05) is 35.9 Å². The highest BCUT2D eigenvalue weighted by atomic mass is 32.2. The smallest absolute Gasteiger partial charge is 0.275 e. The van der Waals surface area contributed by atoms with Gasteiger partial charge in [0.05, 0.1) is 11.1 Å². The second-order valence-electron chi connectivity index (χ2n) is 8.87. The number of nitrogens with two attached hydrogens (primary N) is 1. The van der Waals surface area contributed by atoms with Gasteiger partial charge >= 0.3 is 0 Å². The predicted molar refractivity (Wildman–Crippen MR) is 124 cm³/mol. The van der Waals surface area contributed by atoms with E-state index in [9.17, 15) is 13.0 Å². The Balaban J connectivity index is 1.52. The van der Waals surface area contributed by atoms with Crippen LogP contribution in [0.3, 0.4) is 0 Å². The second-order valence-corrected chi connectivity index (χ2v) is 10.3. The summed E-state index contributed by atoms with van der Waals surface area (Å²) in [4.78, 5) is 11.2. The van der Waals surface area contributed by atoms with Crippen LogP contribution in [0.1, 0.15) is 23.1 Å². The first-order chi connectivity index (χ1) is 15.2. The molecule has 2 aliphatic rings. The molecule has 32 heavy (non-hydrogen) atoms. The first-order valence-electron chi connectivity index (χ1n) is 10.6. The summed E-state index contributed by atoms with van der Waals surface area (Å²) >= 11 is 0. The molecular formula is C23H25F2N5OS. The minimum absolute atomic E-state index is 0.0697. The molecular weight excluding hydrogens is 432 g/mol. The average Bonchev–Trinajstić information content (AvgIpc) is 2.87. The molecule has 3 heterocycles. The second kappa shape index (κ2) is 7.74. The van der Waals surface area contributed by atoms with Crippen molar-refractivity contribution >= 4 is 33.5 Å². The lowest BCUT2D eigenvalue weighted by atomic mass is 10.0. The minimum Gasteiger partial charge on any atom is -0.367 e. The molecule has 1 saturated heterocycles. The Bertz CT molecular complexity index is 1210. The molecule has 168 valence electrons. The third-order valence-corrected chi connectivity index (χ3v) is 7.89. The highest BCUT2D eigenvalue weighted by Crippen LogP contribution is 2.38. The van der Waals surface area contributed by atoms with Gasteiger partial charge in [-0.15, -0.1) is 0 Å². The first-order valence-corrected chi connectivity index (χ1v) is 12.1. The lowest BCUT2D eigenvalue weighted by Crippen LogP contribution is -2.63. The van der Waals surface area contributed by atoms with Gasteiger partial charge in [0.25, 0.3) is 5.92 Å². The Morgan fingerprint density at radius 3 is 2.75 bits per heavy atom. The third-order valence-electron chi connectivity index (χ3n) is 6.10. The number of hydrogen-bond acceptors (Lipinski definition) is 6. The van der Waals surface area contributed by atoms with Crippen LogP contribution in [-0.4, -0.2) is 44.3 Å². The zero-order chi connectivity index (χ0) is 22.5. The largest absolute Gasteiger partial charge is 0.367 e. The Kier molecular flexibility index (Phi) is 5.13. The number of alkyl halides is 2. The van der Waals surface area contributed by atoms with Crippen molar-refractivity contribution in [2.24, 2.45) is 5.73 Å². The predicted octanol–water partition coefficient (Wildman–Crippen LogP) is 3.31. The number of aryl methyl sites for hydroxylation is 1. The monoisotopic (exact) mass is 457 g/mol. The van der Waals surface area contributed by atoms with Crippen molar-refractivity contribution in [3.8, 4) is 0 Å². The fourth-order valence-electron chi connectivity index (χ4n) is 4.35. The third kappa shape index (κ3) is 3.95. The quantitative estimate of drug-likeness (QED) is 0.625. The summed E-state index contributed by atoms with van der Waals surface area (Å²) in [6.07, 6.45) is -0.306. The minimum atomic E-state index is -2.90. The number of hydrogen-bond donors (Lipinski definition) is 2. The molecule has 9 heteroatoms. The van der Waals surface area contributed by atoms with Gasteiger partial charge in [-0.3, -0.25) is 4.21 Å². The number of rotatable bonds is 4. The summed E-state index contributed by atoms with van der Waals surface area (Å²) in [6, 6.07) is 12.5. The maximum Gasteiger partial charge on any atom is 0.275 e. The van der Waals surface area contributed by atoms with Crippen molar-refractivity contribution in [3.63, 3.8) is 0 Å². The number of halogens is 2. The van der Waals surface area contributed by atoms with Gasteiger partial charge < -0.3 is 16.0 Å². The maximum absolute atomic E-state index is 14.7. The van der Waals surface area contributed by atoms with Gasteiger partial charge in [0.2, 0.25) is 5.95 Å². The molecule has 2 aliphatic heterocycles. The molecule has 6 nitrogen and oxygen atoms in total. The number of fused-ring (bicyclic) bond motifs is 2. The summed E-state index contributed by atoms with van der Waals surface area (Å²) < 4.78 is 41.0. The molecule has 5 rings (SSSR count). The van der Waals surface area contributed by atoms with E-state index in [2.05, 4.69) is 5.32 Å². The van der Waals surface area contributed by atoms with Gasteiger partial charge in [0.1, 0.15) is 5.82 Å². The van der Waals surface area contributed by atoms with E-state index in [4.69, 9.17) is 15.7 Å². The number of aromatic nitrogens is 2. The normalized spacial score (nSPS) is 24.5. The number of nitrogens with one attached hydrogen (secondary N) is 1. The molecule has 3 aromatic rings. The molecule has 0 aliphatic carbocycles. The van der Waals surface area contributed by atoms with Crippen LogP contribution in [0.2, 0.25) is 0 Å². The van der Waals surface area contributed by atoms with E-state index in [1.54, 1.807) is 23.1 Å². The van der Waals surface area contributed by atoms with Crippen molar-refractivity contribution in [2.45, 2.75) is 31.4 Å². The molecule has 0 saturated carbocycles. The number of benzene rings is 2. The Labute approximate surface area is 187 Å². The van der Waals surface area contributed by atoms with Gasteiger partial charge in [0, 0.05) is 59.3 Å². The highest BCUT2D eigenvalue weighted by Gasteiger charge is 2.39. The van der Waals surface area contributed by atoms with Crippen LogP contribution in [0, 0.1) is 6.92 Å². The van der Waals surface area contributed by atoms with Crippen LogP contribution in [0.25, 0.3) is 10.9 Å². The molecule has 0 spiro atoms. The average molecular weight is 458 g/mol. The fourth-order valence-corrected chi connectivity index (χ4v) is 5.75. The van der Waals surface area contributed by atoms with Crippen molar-refractivity contribution in [3.05, 3.63) is 59.2 Å². The SMILES string of the molecule is Cc1ccc2nc(N3CCC(F)(F)c4ccccc4C3)nc(NCC3(N)CS(=O)C3)c2c1. The first kappa shape index (κ1) is 21.2. The van der Waals surface area contributed by atoms with Crippen LogP contribution in [0.4, 0.5) is 20.5 Å². The molecule has 1 aromatic heterocycles. The lowest BCUT2D eigenvalue weighted by molar-refractivity contribution is -0.00969. The van der Waals surface area contributed by atoms with Gasteiger partial charge in [-0.25, -0.2) is 13.8 Å². The van der Waals surface area contributed by atoms with E-state index in [-0.39, 0.29) is 18.5 Å². The molecule has 0 bridgehead atoms. The van der Waals surface area contributed by atoms with Crippen molar-refractivity contribution in [1.29, 1.82) is 0 Å². The molecule has 2 aromatic carbocycles. The molecule has 0 atom stereocenters. The molecule has 1 fully saturated rings. The van der Waals surface area contributed by atoms with Crippen LogP contribution in [0.15, 0.2) is 42.5 Å². The van der Waals surface area contributed by atoms with E-state index < -0.39 is 22.3 Å². The van der Waals surface area contributed by atoms with E-state index in [0.29, 0.717) is 41.9 Å². The highest BCUT2D eigenvalue weighted by molar-refractivity contribution is 7.86. The number of anilines is 2. The summed E-state index contributed by atoms with van der Waals surface area (Å²) in [6.45, 7) is 2.87. The number of nitrogens with zero attached hydrogens (tertiary/aromatic N) is 3. The topological polar surface area (TPSA) is 84.1 Å². The van der Waals surface area contributed by atoms with E-state index in [1.807, 2.05) is 25.1 Å². The summed E-state index contributed by atoms with van der Waals surface area (Å²) in [5.74, 6) is -0.980. The van der Waals surface area contributed by atoms with E-state index >= 15 is 0 Å². The lowest BCUT2D eigenvalue weighted by Gasteiger charge is -2.37. The Morgan fingerprint density at radius 2 is 1.97 bits per heavy atom. The molecule has 0 radical (unpaired) electrons. The van der Waals surface area contributed by atoms with Crippen molar-refractivity contribution in [2.75, 3.05) is 34.8 Å². The Hall–Kier alpha value is -2.65. The van der Waals surface area contributed by atoms with Crippen LogP contribution >= 0.6 is 0 Å². The van der Waals surface area contributed by atoms with Gasteiger partial charge in [0.15, 0.2) is 0 Å². The van der Waals surface area contributed by atoms with Gasteiger partial charge in [-0.2, -0.15) is 4.98 Å². The van der Waals surface area contributed by atoms with Gasteiger partial charge in [-0.05, 0) is 24.6 Å². The van der Waals surface area contributed by atoms with Crippen LogP contribution in [-0.2, 0) is 23.3 Å². The van der Waals surface area contributed by atoms with Crippen molar-refractivity contribution in [1.82, 2.24) is 9.97 Å². The zero-order valence-electron chi connectivity index (χ0n) is 17.8. The van der Waals surface area contributed by atoms with Crippen LogP contribution in [0.5, 0.6) is 0 Å². The standard InChI is InChI=1S/C23H25F2N5OS/c1-15-6-7-19-17(10-15)20(27-12-22(26)13-32(31)14-22)29-21(28-19)30-9-8-23(24,25)18-5-3-2-4-16(18)11-30/h2-7,10H,8-9,11-14,26H2,1H3,(H,27,28,29). The van der Waals surface area contributed by atoms with E-state index in [0.717, 1.165) is 16.5 Å². The summed E-state index contributed by atoms with van der Waals surface area (Å²) in [7, 11) is -0.866. The summed E-state index contributed by atoms with van der Waals surface area (Å²) in [5.41, 5.74) is 8.22. The summed E-state index contributed by atoms with van der Waals surface area (Å²) in [5, 5.41) is 4.17.